The van der Waals surface area contributed by atoms with Crippen LogP contribution in [0.25, 0.3) is 0 Å². The van der Waals surface area contributed by atoms with Gasteiger partial charge in [0.25, 0.3) is 0 Å². The zero-order valence-electron chi connectivity index (χ0n) is 20.2. The number of imidazole rings is 1. The molecule has 2 aromatic rings. The lowest BCUT2D eigenvalue weighted by Crippen LogP contribution is -2.48. The first-order valence-corrected chi connectivity index (χ1v) is 11.5. The highest BCUT2D eigenvalue weighted by molar-refractivity contribution is 5.80. The molecule has 1 atom stereocenters. The highest BCUT2D eigenvalue weighted by atomic mass is 16.5. The third-order valence-electron chi connectivity index (χ3n) is 6.28. The first-order chi connectivity index (χ1) is 15.9. The van der Waals surface area contributed by atoms with Crippen LogP contribution in [0.2, 0.25) is 0 Å². The van der Waals surface area contributed by atoms with Gasteiger partial charge in [-0.15, -0.1) is 0 Å². The van der Waals surface area contributed by atoms with Crippen molar-refractivity contribution < 1.29 is 19.1 Å². The summed E-state index contributed by atoms with van der Waals surface area (Å²) in [4.78, 5) is 34.1. The number of nitrogens with one attached hydrogen (secondary N) is 1. The number of aryl methyl sites for hydroxylation is 1. The number of urea groups is 1. The van der Waals surface area contributed by atoms with Crippen LogP contribution in [0.5, 0.6) is 11.5 Å². The fraction of sp³-hybridized carbons (Fsp3) is 0.542. The second-order valence-electron chi connectivity index (χ2n) is 8.20. The van der Waals surface area contributed by atoms with E-state index in [1.54, 1.807) is 26.5 Å². The van der Waals surface area contributed by atoms with Gasteiger partial charge in [-0.2, -0.15) is 0 Å². The van der Waals surface area contributed by atoms with Crippen molar-refractivity contribution in [2.45, 2.75) is 32.7 Å². The number of benzene rings is 1. The Morgan fingerprint density at radius 3 is 2.21 bits per heavy atom. The van der Waals surface area contributed by atoms with Gasteiger partial charge in [-0.05, 0) is 44.4 Å². The smallest absolute Gasteiger partial charge is 0.319 e. The predicted molar refractivity (Wildman–Crippen MR) is 125 cm³/mol. The Morgan fingerprint density at radius 1 is 1.12 bits per heavy atom. The largest absolute Gasteiger partial charge is 0.497 e. The molecule has 1 fully saturated rings. The number of carbonyl (C=O) groups is 2. The molecule has 3 rings (SSSR count). The van der Waals surface area contributed by atoms with Gasteiger partial charge in [-0.3, -0.25) is 4.79 Å². The van der Waals surface area contributed by atoms with Crippen molar-refractivity contribution in [2.24, 2.45) is 13.0 Å². The highest BCUT2D eigenvalue weighted by Crippen LogP contribution is 2.30. The molecule has 1 aromatic heterocycles. The van der Waals surface area contributed by atoms with Crippen molar-refractivity contribution in [1.82, 2.24) is 24.7 Å². The van der Waals surface area contributed by atoms with Crippen molar-refractivity contribution in [3.63, 3.8) is 0 Å². The SMILES string of the molecule is CCN(CC)C(=O)N1CCC(C(=O)NC(c2cc(OC)cc(OC)c2)c2nccn2C)CC1. The number of nitrogens with zero attached hydrogens (tertiary/aromatic N) is 4. The molecule has 1 unspecified atom stereocenters. The van der Waals surface area contributed by atoms with E-state index in [0.717, 1.165) is 5.56 Å². The zero-order chi connectivity index (χ0) is 24.0. The van der Waals surface area contributed by atoms with Gasteiger partial charge >= 0.3 is 6.03 Å². The first kappa shape index (κ1) is 24.4. The summed E-state index contributed by atoms with van der Waals surface area (Å²) in [5.41, 5.74) is 0.822. The summed E-state index contributed by atoms with van der Waals surface area (Å²) in [6.07, 6.45) is 4.83. The Hall–Kier alpha value is -3.23. The van der Waals surface area contributed by atoms with Crippen LogP contribution in [0.3, 0.4) is 0 Å². The fourth-order valence-corrected chi connectivity index (χ4v) is 4.24. The lowest BCUT2D eigenvalue weighted by molar-refractivity contribution is -0.126. The quantitative estimate of drug-likeness (QED) is 0.659. The Balaban J connectivity index is 1.76. The molecule has 33 heavy (non-hydrogen) atoms. The highest BCUT2D eigenvalue weighted by Gasteiger charge is 2.31. The van der Waals surface area contributed by atoms with Gasteiger partial charge in [0.05, 0.1) is 14.2 Å². The van der Waals surface area contributed by atoms with Crippen LogP contribution in [-0.2, 0) is 11.8 Å². The van der Waals surface area contributed by atoms with Crippen LogP contribution in [0.1, 0.15) is 44.1 Å². The molecule has 0 bridgehead atoms. The number of amides is 3. The van der Waals surface area contributed by atoms with E-state index >= 15 is 0 Å². The molecular weight excluding hydrogens is 422 g/mol. The molecule has 0 aliphatic carbocycles. The van der Waals surface area contributed by atoms with Crippen molar-refractivity contribution in [3.8, 4) is 11.5 Å². The van der Waals surface area contributed by atoms with Gasteiger partial charge in [0.1, 0.15) is 23.4 Å². The lowest BCUT2D eigenvalue weighted by Gasteiger charge is -2.35. The Bertz CT molecular complexity index is 926. The third kappa shape index (κ3) is 5.58. The van der Waals surface area contributed by atoms with E-state index in [0.29, 0.717) is 56.3 Å². The number of rotatable bonds is 8. The van der Waals surface area contributed by atoms with Gasteiger partial charge in [0.15, 0.2) is 0 Å². The van der Waals surface area contributed by atoms with E-state index in [1.807, 2.05) is 53.6 Å². The second-order valence-corrected chi connectivity index (χ2v) is 8.20. The molecule has 1 aliphatic rings. The lowest BCUT2D eigenvalue weighted by atomic mass is 9.95. The Kier molecular flexibility index (Phi) is 8.19. The molecule has 180 valence electrons. The van der Waals surface area contributed by atoms with Gasteiger partial charge in [0, 0.05) is 57.6 Å². The minimum atomic E-state index is -0.461. The molecule has 0 spiro atoms. The van der Waals surface area contributed by atoms with E-state index in [1.165, 1.54) is 0 Å². The number of piperidine rings is 1. The number of likely N-dealkylation sites (tertiary alicyclic amines) is 1. The molecule has 9 nitrogen and oxygen atoms in total. The molecule has 1 saturated heterocycles. The van der Waals surface area contributed by atoms with Crippen LogP contribution in [0.15, 0.2) is 30.6 Å². The number of hydrogen-bond acceptors (Lipinski definition) is 5. The number of hydrogen-bond donors (Lipinski definition) is 1. The number of methoxy groups -OCH3 is 2. The maximum absolute atomic E-state index is 13.3. The number of ether oxygens (including phenoxy) is 2. The van der Waals surface area contributed by atoms with Gasteiger partial charge in [-0.1, -0.05) is 0 Å². The predicted octanol–water partition coefficient (Wildman–Crippen LogP) is 2.82. The van der Waals surface area contributed by atoms with Crippen LogP contribution in [-0.4, -0.2) is 71.7 Å². The summed E-state index contributed by atoms with van der Waals surface area (Å²) in [7, 11) is 5.09. The van der Waals surface area contributed by atoms with E-state index in [2.05, 4.69) is 10.3 Å². The number of aromatic nitrogens is 2. The van der Waals surface area contributed by atoms with Crippen molar-refractivity contribution in [3.05, 3.63) is 42.0 Å². The van der Waals surface area contributed by atoms with Crippen molar-refractivity contribution in [1.29, 1.82) is 0 Å². The van der Waals surface area contributed by atoms with E-state index in [-0.39, 0.29) is 17.9 Å². The third-order valence-corrected chi connectivity index (χ3v) is 6.28. The monoisotopic (exact) mass is 457 g/mol. The van der Waals surface area contributed by atoms with Crippen LogP contribution < -0.4 is 14.8 Å². The van der Waals surface area contributed by atoms with Crippen LogP contribution in [0.4, 0.5) is 4.79 Å². The van der Waals surface area contributed by atoms with Gasteiger partial charge in [-0.25, -0.2) is 9.78 Å². The molecule has 1 aromatic carbocycles. The first-order valence-electron chi connectivity index (χ1n) is 11.5. The number of carbonyl (C=O) groups excluding carboxylic acids is 2. The van der Waals surface area contributed by atoms with Crippen LogP contribution in [0, 0.1) is 5.92 Å². The molecule has 9 heteroatoms. The zero-order valence-corrected chi connectivity index (χ0v) is 20.2. The average Bonchev–Trinajstić information content (AvgIpc) is 3.28. The summed E-state index contributed by atoms with van der Waals surface area (Å²) in [6.45, 7) is 6.48. The normalized spacial score (nSPS) is 15.1. The molecule has 2 heterocycles. The summed E-state index contributed by atoms with van der Waals surface area (Å²) >= 11 is 0. The maximum Gasteiger partial charge on any atom is 0.319 e. The van der Waals surface area contributed by atoms with Crippen LogP contribution >= 0.6 is 0 Å². The summed E-state index contributed by atoms with van der Waals surface area (Å²) < 4.78 is 12.7. The minimum Gasteiger partial charge on any atom is -0.497 e. The minimum absolute atomic E-state index is 0.0419. The van der Waals surface area contributed by atoms with Gasteiger partial charge < -0.3 is 29.2 Å². The molecule has 0 saturated carbocycles. The summed E-state index contributed by atoms with van der Waals surface area (Å²) in [6, 6.07) is 5.15. The Morgan fingerprint density at radius 2 is 1.73 bits per heavy atom. The van der Waals surface area contributed by atoms with E-state index in [4.69, 9.17) is 9.47 Å². The molecule has 1 aliphatic heterocycles. The second kappa shape index (κ2) is 11.1. The average molecular weight is 458 g/mol. The Labute approximate surface area is 195 Å². The van der Waals surface area contributed by atoms with E-state index < -0.39 is 6.04 Å². The standard InChI is InChI=1S/C24H35N5O4/c1-6-28(7-2)24(31)29-11-8-17(9-12-29)23(30)26-21(22-25-10-13-27(22)3)18-14-19(32-4)16-20(15-18)33-5/h10,13-17,21H,6-9,11-12H2,1-5H3,(H,26,30). The summed E-state index contributed by atoms with van der Waals surface area (Å²) in [5.74, 6) is 1.79. The van der Waals surface area contributed by atoms with E-state index in [9.17, 15) is 9.59 Å². The van der Waals surface area contributed by atoms with Gasteiger partial charge in [0.2, 0.25) is 5.91 Å². The fourth-order valence-electron chi connectivity index (χ4n) is 4.24. The topological polar surface area (TPSA) is 88.9 Å². The maximum atomic E-state index is 13.3. The summed E-state index contributed by atoms with van der Waals surface area (Å²) in [5, 5.41) is 3.19. The molecule has 3 amide bonds. The van der Waals surface area contributed by atoms with Crippen molar-refractivity contribution in [2.75, 3.05) is 40.4 Å². The molecule has 1 N–H and O–H groups in total. The molecule has 0 radical (unpaired) electrons. The van der Waals surface area contributed by atoms with Crippen molar-refractivity contribution >= 4 is 11.9 Å². The molecular formula is C24H35N5O4.